The van der Waals surface area contributed by atoms with Gasteiger partial charge in [-0.05, 0) is 25.7 Å². The lowest BCUT2D eigenvalue weighted by atomic mass is 9.92. The first kappa shape index (κ1) is 12.9. The highest BCUT2D eigenvalue weighted by molar-refractivity contribution is 6.33. The molecule has 94 valence electrons. The maximum Gasteiger partial charge on any atom is 0.175 e. The molecular weight excluding hydrogens is 261 g/mol. The Hall–Kier alpha value is -0.580. The Labute approximate surface area is 111 Å². The van der Waals surface area contributed by atoms with Crippen molar-refractivity contribution in [2.24, 2.45) is 5.92 Å². The van der Waals surface area contributed by atoms with Crippen molar-refractivity contribution in [3.05, 3.63) is 16.4 Å². The quantitative estimate of drug-likeness (QED) is 0.901. The fourth-order valence-corrected chi connectivity index (χ4v) is 2.54. The van der Waals surface area contributed by atoms with Gasteiger partial charge in [0.15, 0.2) is 10.3 Å². The molecule has 0 radical (unpaired) electrons. The van der Waals surface area contributed by atoms with Crippen molar-refractivity contribution in [3.63, 3.8) is 0 Å². The van der Waals surface area contributed by atoms with Crippen molar-refractivity contribution in [2.75, 3.05) is 18.0 Å². The third kappa shape index (κ3) is 3.00. The van der Waals surface area contributed by atoms with Gasteiger partial charge in [0, 0.05) is 19.2 Å². The van der Waals surface area contributed by atoms with Crippen LogP contribution in [0.15, 0.2) is 6.07 Å². The topological polar surface area (TPSA) is 49.2 Å². The second kappa shape index (κ2) is 5.38. The number of halogens is 2. The molecule has 0 spiro atoms. The fourth-order valence-electron chi connectivity index (χ4n) is 2.19. The van der Waals surface area contributed by atoms with Crippen molar-refractivity contribution in [1.29, 1.82) is 0 Å². The number of nitrogens with zero attached hydrogens (tertiary/aromatic N) is 3. The molecule has 0 bridgehead atoms. The van der Waals surface area contributed by atoms with Gasteiger partial charge in [0.25, 0.3) is 0 Å². The van der Waals surface area contributed by atoms with Crippen LogP contribution < -0.4 is 4.90 Å². The summed E-state index contributed by atoms with van der Waals surface area (Å²) in [6, 6.07) is 1.74. The van der Waals surface area contributed by atoms with Gasteiger partial charge < -0.3 is 10.0 Å². The largest absolute Gasteiger partial charge is 0.393 e. The van der Waals surface area contributed by atoms with Crippen LogP contribution in [0.25, 0.3) is 0 Å². The summed E-state index contributed by atoms with van der Waals surface area (Å²) in [5, 5.41) is 17.8. The summed E-state index contributed by atoms with van der Waals surface area (Å²) in [5.41, 5.74) is 0.829. The SMILES string of the molecule is CC(O)C1CCN(c2cc(Cl)nnc2Cl)CC1. The van der Waals surface area contributed by atoms with Crippen LogP contribution >= 0.6 is 23.2 Å². The van der Waals surface area contributed by atoms with E-state index in [1.54, 1.807) is 6.07 Å². The second-order valence-electron chi connectivity index (χ2n) is 4.41. The zero-order valence-electron chi connectivity index (χ0n) is 9.61. The average Bonchev–Trinajstić information content (AvgIpc) is 2.32. The third-order valence-electron chi connectivity index (χ3n) is 3.26. The highest BCUT2D eigenvalue weighted by Gasteiger charge is 2.24. The normalized spacial score (nSPS) is 19.4. The van der Waals surface area contributed by atoms with E-state index in [0.29, 0.717) is 16.2 Å². The second-order valence-corrected chi connectivity index (χ2v) is 5.15. The number of hydrogen-bond donors (Lipinski definition) is 1. The van der Waals surface area contributed by atoms with Crippen molar-refractivity contribution in [2.45, 2.75) is 25.9 Å². The molecule has 0 aromatic carbocycles. The maximum absolute atomic E-state index is 9.54. The van der Waals surface area contributed by atoms with Crippen LogP contribution in [-0.4, -0.2) is 34.5 Å². The molecule has 1 fully saturated rings. The fraction of sp³-hybridized carbons (Fsp3) is 0.636. The number of rotatable bonds is 2. The molecule has 1 N–H and O–H groups in total. The van der Waals surface area contributed by atoms with Gasteiger partial charge in [-0.15, -0.1) is 10.2 Å². The van der Waals surface area contributed by atoms with Crippen LogP contribution in [0.1, 0.15) is 19.8 Å². The molecule has 0 aliphatic carbocycles. The lowest BCUT2D eigenvalue weighted by molar-refractivity contribution is 0.110. The molecule has 2 rings (SSSR count). The van der Waals surface area contributed by atoms with Gasteiger partial charge in [0.05, 0.1) is 11.8 Å². The van der Waals surface area contributed by atoms with E-state index in [0.717, 1.165) is 31.6 Å². The van der Waals surface area contributed by atoms with E-state index < -0.39 is 0 Å². The minimum Gasteiger partial charge on any atom is -0.393 e. The zero-order chi connectivity index (χ0) is 12.4. The lowest BCUT2D eigenvalue weighted by Crippen LogP contribution is -2.37. The number of anilines is 1. The Kier molecular flexibility index (Phi) is 4.07. The van der Waals surface area contributed by atoms with Crippen molar-refractivity contribution in [1.82, 2.24) is 10.2 Å². The summed E-state index contributed by atoms with van der Waals surface area (Å²) < 4.78 is 0. The number of aliphatic hydroxyl groups is 1. The highest BCUT2D eigenvalue weighted by Crippen LogP contribution is 2.30. The molecule has 1 aromatic heterocycles. The summed E-state index contributed by atoms with van der Waals surface area (Å²) in [7, 11) is 0. The molecule has 1 aromatic rings. The van der Waals surface area contributed by atoms with Crippen LogP contribution in [0, 0.1) is 5.92 Å². The first-order valence-corrected chi connectivity index (χ1v) is 6.45. The van der Waals surface area contributed by atoms with Crippen LogP contribution in [0.3, 0.4) is 0 Å². The Morgan fingerprint density at radius 1 is 1.35 bits per heavy atom. The molecule has 0 amide bonds. The van der Waals surface area contributed by atoms with Gasteiger partial charge in [0.1, 0.15) is 0 Å². The van der Waals surface area contributed by atoms with Gasteiger partial charge in [0.2, 0.25) is 0 Å². The van der Waals surface area contributed by atoms with Crippen molar-refractivity contribution < 1.29 is 5.11 Å². The summed E-state index contributed by atoms with van der Waals surface area (Å²) in [5.74, 6) is 0.371. The first-order chi connectivity index (χ1) is 8.08. The molecule has 1 atom stereocenters. The van der Waals surface area contributed by atoms with Crippen LogP contribution in [0.2, 0.25) is 10.3 Å². The van der Waals surface area contributed by atoms with Crippen molar-refractivity contribution >= 4 is 28.9 Å². The van der Waals surface area contributed by atoms with E-state index in [4.69, 9.17) is 23.2 Å². The zero-order valence-corrected chi connectivity index (χ0v) is 11.1. The van der Waals surface area contributed by atoms with E-state index >= 15 is 0 Å². The average molecular weight is 276 g/mol. The maximum atomic E-state index is 9.54. The Morgan fingerprint density at radius 2 is 2.00 bits per heavy atom. The predicted molar refractivity (Wildman–Crippen MR) is 68.7 cm³/mol. The van der Waals surface area contributed by atoms with Gasteiger partial charge in [-0.25, -0.2) is 0 Å². The van der Waals surface area contributed by atoms with E-state index in [2.05, 4.69) is 15.1 Å². The summed E-state index contributed by atoms with van der Waals surface area (Å²) in [6.07, 6.45) is 1.66. The standard InChI is InChI=1S/C11H15Cl2N3O/c1-7(17)8-2-4-16(5-3-8)9-6-10(12)14-15-11(9)13/h6-8,17H,2-5H2,1H3. The molecule has 17 heavy (non-hydrogen) atoms. The monoisotopic (exact) mass is 275 g/mol. The van der Waals surface area contributed by atoms with E-state index in [1.165, 1.54) is 0 Å². The predicted octanol–water partition coefficient (Wildman–Crippen LogP) is 2.38. The molecule has 1 aliphatic heterocycles. The van der Waals surface area contributed by atoms with Gasteiger partial charge in [-0.2, -0.15) is 0 Å². The van der Waals surface area contributed by atoms with E-state index in [-0.39, 0.29) is 6.10 Å². The Bertz CT molecular complexity index is 392. The molecule has 4 nitrogen and oxygen atoms in total. The first-order valence-electron chi connectivity index (χ1n) is 5.69. The van der Waals surface area contributed by atoms with Crippen LogP contribution in [0.5, 0.6) is 0 Å². The number of piperidine rings is 1. The smallest absolute Gasteiger partial charge is 0.175 e. The summed E-state index contributed by atoms with van der Waals surface area (Å²) >= 11 is 11.8. The highest BCUT2D eigenvalue weighted by atomic mass is 35.5. The third-order valence-corrected chi connectivity index (χ3v) is 3.72. The molecule has 1 unspecified atom stereocenters. The molecule has 1 saturated heterocycles. The van der Waals surface area contributed by atoms with E-state index in [1.807, 2.05) is 6.92 Å². The van der Waals surface area contributed by atoms with Crippen LogP contribution in [0.4, 0.5) is 5.69 Å². The number of aromatic nitrogens is 2. The summed E-state index contributed by atoms with van der Waals surface area (Å²) in [6.45, 7) is 3.56. The van der Waals surface area contributed by atoms with Gasteiger partial charge >= 0.3 is 0 Å². The minimum atomic E-state index is -0.244. The van der Waals surface area contributed by atoms with Gasteiger partial charge in [-0.3, -0.25) is 0 Å². The van der Waals surface area contributed by atoms with Crippen LogP contribution in [-0.2, 0) is 0 Å². The minimum absolute atomic E-state index is 0.244. The molecular formula is C11H15Cl2N3O. The molecule has 2 heterocycles. The Morgan fingerprint density at radius 3 is 2.59 bits per heavy atom. The molecule has 6 heteroatoms. The summed E-state index contributed by atoms with van der Waals surface area (Å²) in [4.78, 5) is 2.14. The lowest BCUT2D eigenvalue weighted by Gasteiger charge is -2.34. The van der Waals surface area contributed by atoms with Gasteiger partial charge in [-0.1, -0.05) is 23.2 Å². The molecule has 1 aliphatic rings. The van der Waals surface area contributed by atoms with E-state index in [9.17, 15) is 5.11 Å². The Balaban J connectivity index is 2.07. The number of hydrogen-bond acceptors (Lipinski definition) is 4. The molecule has 0 saturated carbocycles. The van der Waals surface area contributed by atoms with Crippen molar-refractivity contribution in [3.8, 4) is 0 Å². The number of aliphatic hydroxyl groups excluding tert-OH is 1.